The van der Waals surface area contributed by atoms with Crippen LogP contribution >= 0.6 is 0 Å². The van der Waals surface area contributed by atoms with Crippen LogP contribution in [0.4, 0.5) is 17.5 Å². The number of anilines is 2. The number of nitrogen functional groups attached to an aromatic ring is 2. The third-order valence-corrected chi connectivity index (χ3v) is 7.93. The number of fused-ring (bicyclic) bond motifs is 1. The molecule has 1 atom stereocenters. The quantitative estimate of drug-likeness (QED) is 0.151. The van der Waals surface area contributed by atoms with Gasteiger partial charge in [0.05, 0.1) is 45.0 Å². The van der Waals surface area contributed by atoms with Crippen LogP contribution in [-0.2, 0) is 16.0 Å². The first-order valence-electron chi connectivity index (χ1n) is 14.8. The standard InChI is InChI=1S/C34H38N5O5/c1-5-13-39(19-22-7-8-22)20-27(33(41)44-6-2)30(40)26-12-10-21(16-28(26)39)9-11-24-14-23(17-29(42-3)31(24)43-4)15-25-18-37-34(36)38-32(25)35/h10,12,14,16-18,20,22H,5-8,13,15,19H2,1-4H3,(H4,35,36,37,38)/q+1. The lowest BCUT2D eigenvalue weighted by Crippen LogP contribution is -2.50. The molecule has 1 unspecified atom stereocenters. The second kappa shape index (κ2) is 12.8. The molecule has 228 valence electrons. The van der Waals surface area contributed by atoms with Crippen molar-refractivity contribution in [3.8, 4) is 23.3 Å². The van der Waals surface area contributed by atoms with E-state index >= 15 is 0 Å². The number of esters is 1. The summed E-state index contributed by atoms with van der Waals surface area (Å²) < 4.78 is 17.0. The maximum Gasteiger partial charge on any atom is 0.347 e. The molecule has 10 heteroatoms. The number of carbonyl (C=O) groups excluding carboxylic acids is 2. The zero-order valence-corrected chi connectivity index (χ0v) is 25.6. The SMILES string of the molecule is CCC[N+]1(CC2CC2)C=C(C(=O)OCC)C(=O)c2ccc(C#Cc3cc(Cc4cnc(N)nc4N)cc(OC)c3OC)cc21. The highest BCUT2D eigenvalue weighted by Gasteiger charge is 2.45. The summed E-state index contributed by atoms with van der Waals surface area (Å²) in [5, 5.41) is 0. The van der Waals surface area contributed by atoms with Crippen LogP contribution in [0.2, 0.25) is 0 Å². The Bertz CT molecular complexity index is 1700. The van der Waals surface area contributed by atoms with Crippen LogP contribution < -0.4 is 25.4 Å². The number of ketones is 1. The van der Waals surface area contributed by atoms with Crippen molar-refractivity contribution in [3.63, 3.8) is 0 Å². The van der Waals surface area contributed by atoms with E-state index < -0.39 is 5.97 Å². The number of nitrogens with zero attached hydrogens (tertiary/aromatic N) is 3. The van der Waals surface area contributed by atoms with Gasteiger partial charge >= 0.3 is 5.97 Å². The van der Waals surface area contributed by atoms with Crippen molar-refractivity contribution in [1.29, 1.82) is 0 Å². The predicted octanol–water partition coefficient (Wildman–Crippen LogP) is 4.42. The molecule has 2 aromatic carbocycles. The minimum Gasteiger partial charge on any atom is -0.493 e. The van der Waals surface area contributed by atoms with Gasteiger partial charge in [0.25, 0.3) is 0 Å². The molecule has 2 aliphatic rings. The van der Waals surface area contributed by atoms with Gasteiger partial charge in [0, 0.05) is 35.7 Å². The van der Waals surface area contributed by atoms with Crippen LogP contribution in [0.15, 0.2) is 48.3 Å². The van der Waals surface area contributed by atoms with Crippen molar-refractivity contribution >= 4 is 29.2 Å². The van der Waals surface area contributed by atoms with Gasteiger partial charge in [0.2, 0.25) is 11.7 Å². The van der Waals surface area contributed by atoms with Gasteiger partial charge in [0.15, 0.2) is 17.1 Å². The van der Waals surface area contributed by atoms with E-state index in [1.807, 2.05) is 30.5 Å². The average molecular weight is 597 g/mol. The summed E-state index contributed by atoms with van der Waals surface area (Å²) >= 11 is 0. The molecule has 1 saturated carbocycles. The number of hydrogen-bond acceptors (Lipinski definition) is 9. The summed E-state index contributed by atoms with van der Waals surface area (Å²) in [6, 6.07) is 9.37. The molecule has 44 heavy (non-hydrogen) atoms. The lowest BCUT2D eigenvalue weighted by molar-refractivity contribution is -0.138. The fraction of sp³-hybridized carbons (Fsp3) is 0.353. The molecular formula is C34H38N5O5+. The monoisotopic (exact) mass is 596 g/mol. The first kappa shape index (κ1) is 30.6. The zero-order chi connectivity index (χ0) is 31.4. The van der Waals surface area contributed by atoms with Gasteiger partial charge in [-0.3, -0.25) is 9.28 Å². The van der Waals surface area contributed by atoms with Crippen LogP contribution in [0.1, 0.15) is 65.7 Å². The Morgan fingerprint density at radius 3 is 2.55 bits per heavy atom. The molecule has 10 nitrogen and oxygen atoms in total. The Morgan fingerprint density at radius 1 is 1.09 bits per heavy atom. The van der Waals surface area contributed by atoms with Crippen LogP contribution in [0.5, 0.6) is 11.5 Å². The summed E-state index contributed by atoms with van der Waals surface area (Å²) in [7, 11) is 3.14. The van der Waals surface area contributed by atoms with Crippen molar-refractivity contribution in [3.05, 3.63) is 76.1 Å². The molecule has 0 bridgehead atoms. The molecule has 0 spiro atoms. The summed E-state index contributed by atoms with van der Waals surface area (Å²) in [6.07, 6.45) is 7.03. The van der Waals surface area contributed by atoms with Gasteiger partial charge in [-0.2, -0.15) is 4.98 Å². The van der Waals surface area contributed by atoms with Crippen molar-refractivity contribution in [2.45, 2.75) is 39.5 Å². The van der Waals surface area contributed by atoms with E-state index in [0.717, 1.165) is 54.7 Å². The van der Waals surface area contributed by atoms with E-state index in [1.54, 1.807) is 33.4 Å². The van der Waals surface area contributed by atoms with Crippen LogP contribution in [0.25, 0.3) is 0 Å². The Hall–Kier alpha value is -4.88. The summed E-state index contributed by atoms with van der Waals surface area (Å²) in [4.78, 5) is 34.5. The Labute approximate surface area is 257 Å². The fourth-order valence-electron chi connectivity index (χ4n) is 5.78. The number of carbonyl (C=O) groups is 2. The third-order valence-electron chi connectivity index (χ3n) is 7.93. The molecule has 1 fully saturated rings. The van der Waals surface area contributed by atoms with Crippen molar-refractivity contribution in [2.75, 3.05) is 45.4 Å². The molecule has 0 radical (unpaired) electrons. The predicted molar refractivity (Wildman–Crippen MR) is 169 cm³/mol. The van der Waals surface area contributed by atoms with Gasteiger partial charge < -0.3 is 25.7 Å². The van der Waals surface area contributed by atoms with E-state index in [2.05, 4.69) is 28.7 Å². The first-order chi connectivity index (χ1) is 21.2. The number of Topliss-reactive ketones (excluding diaryl/α,β-unsaturated/α-hetero) is 1. The van der Waals surface area contributed by atoms with Crippen LogP contribution in [0.3, 0.4) is 0 Å². The molecular weight excluding hydrogens is 558 g/mol. The number of aromatic nitrogens is 2. The molecule has 3 aromatic rings. The molecule has 2 heterocycles. The summed E-state index contributed by atoms with van der Waals surface area (Å²) in [5.41, 5.74) is 16.2. The normalized spacial score (nSPS) is 17.2. The minimum atomic E-state index is -0.574. The van der Waals surface area contributed by atoms with Gasteiger partial charge in [-0.05, 0) is 56.0 Å². The maximum absolute atomic E-state index is 13.5. The van der Waals surface area contributed by atoms with Crippen molar-refractivity contribution < 1.29 is 23.8 Å². The third kappa shape index (κ3) is 6.24. The highest BCUT2D eigenvalue weighted by molar-refractivity contribution is 6.27. The highest BCUT2D eigenvalue weighted by Crippen LogP contribution is 2.42. The molecule has 1 aromatic heterocycles. The number of nitrogens with two attached hydrogens (primary N) is 2. The number of methoxy groups -OCH3 is 2. The number of benzene rings is 2. The highest BCUT2D eigenvalue weighted by atomic mass is 16.5. The summed E-state index contributed by atoms with van der Waals surface area (Å²) in [6.45, 7) is 5.63. The van der Waals surface area contributed by atoms with Gasteiger partial charge in [0.1, 0.15) is 17.7 Å². The van der Waals surface area contributed by atoms with E-state index in [1.165, 1.54) is 0 Å². The Kier molecular flexibility index (Phi) is 8.88. The second-order valence-electron chi connectivity index (χ2n) is 11.2. The van der Waals surface area contributed by atoms with E-state index in [0.29, 0.717) is 45.3 Å². The molecule has 0 saturated heterocycles. The largest absolute Gasteiger partial charge is 0.493 e. The van der Waals surface area contributed by atoms with Crippen molar-refractivity contribution in [2.24, 2.45) is 5.92 Å². The second-order valence-corrected chi connectivity index (χ2v) is 11.2. The number of ether oxygens (including phenoxy) is 3. The lowest BCUT2D eigenvalue weighted by Gasteiger charge is -2.38. The zero-order valence-electron chi connectivity index (χ0n) is 25.6. The number of hydrogen-bond donors (Lipinski definition) is 2. The Balaban J connectivity index is 1.57. The smallest absolute Gasteiger partial charge is 0.347 e. The molecule has 4 N–H and O–H groups in total. The first-order valence-corrected chi connectivity index (χ1v) is 14.8. The van der Waals surface area contributed by atoms with Crippen LogP contribution in [-0.4, -0.2) is 55.6 Å². The fourth-order valence-corrected chi connectivity index (χ4v) is 5.78. The topological polar surface area (TPSA) is 140 Å². The Morgan fingerprint density at radius 2 is 1.89 bits per heavy atom. The average Bonchev–Trinajstić information content (AvgIpc) is 3.83. The molecule has 1 aliphatic heterocycles. The number of quaternary nitrogens is 1. The van der Waals surface area contributed by atoms with Crippen LogP contribution in [0, 0.1) is 17.8 Å². The van der Waals surface area contributed by atoms with E-state index in [-0.39, 0.29) is 23.9 Å². The van der Waals surface area contributed by atoms with Crippen molar-refractivity contribution in [1.82, 2.24) is 14.5 Å². The molecule has 1 aliphatic carbocycles. The maximum atomic E-state index is 13.5. The minimum absolute atomic E-state index is 0.105. The van der Waals surface area contributed by atoms with E-state index in [9.17, 15) is 9.59 Å². The molecule has 0 amide bonds. The van der Waals surface area contributed by atoms with Gasteiger partial charge in [-0.1, -0.05) is 18.8 Å². The number of rotatable bonds is 10. The molecule has 5 rings (SSSR count). The van der Waals surface area contributed by atoms with E-state index in [4.69, 9.17) is 25.7 Å². The summed E-state index contributed by atoms with van der Waals surface area (Å²) in [5.74, 6) is 7.64. The van der Waals surface area contributed by atoms with Gasteiger partial charge in [-0.25, -0.2) is 9.78 Å². The lowest BCUT2D eigenvalue weighted by atomic mass is 9.93. The van der Waals surface area contributed by atoms with Gasteiger partial charge in [-0.15, -0.1) is 0 Å².